The van der Waals surface area contributed by atoms with Gasteiger partial charge in [-0.3, -0.25) is 15.1 Å². The molecular formula is C15H23N3O2. The number of nitrogens with two attached hydrogens (primary N) is 1. The van der Waals surface area contributed by atoms with Crippen LogP contribution in [0.25, 0.3) is 0 Å². The number of hydrogen-bond acceptors (Lipinski definition) is 4. The molecular weight excluding hydrogens is 254 g/mol. The Balaban J connectivity index is 2.46. The maximum Gasteiger partial charge on any atom is 0.313 e. The van der Waals surface area contributed by atoms with Crippen molar-refractivity contribution in [2.45, 2.75) is 52.9 Å². The second-order valence-electron chi connectivity index (χ2n) is 7.50. The number of nitrogens with zero attached hydrogens (tertiary/aromatic N) is 2. The third-order valence-corrected chi connectivity index (χ3v) is 4.11. The molecule has 0 bridgehead atoms. The van der Waals surface area contributed by atoms with E-state index < -0.39 is 4.92 Å². The topological polar surface area (TPSA) is 82.0 Å². The summed E-state index contributed by atoms with van der Waals surface area (Å²) in [6.07, 6.45) is 4.51. The first-order valence-corrected chi connectivity index (χ1v) is 7.00. The van der Waals surface area contributed by atoms with Gasteiger partial charge in [0.2, 0.25) is 0 Å². The molecule has 1 aromatic heterocycles. The summed E-state index contributed by atoms with van der Waals surface area (Å²) in [6.45, 7) is 8.89. The first kappa shape index (κ1) is 14.8. The number of nitrogen functional groups attached to an aromatic ring is 1. The SMILES string of the molecule is CC1(C)CC(c2nccc(N)c2[N+](=O)[O-])CC(C)(C)C1. The third kappa shape index (κ3) is 2.92. The van der Waals surface area contributed by atoms with Crippen LogP contribution in [0.2, 0.25) is 0 Å². The summed E-state index contributed by atoms with van der Waals surface area (Å²) in [5.41, 5.74) is 6.85. The second-order valence-corrected chi connectivity index (χ2v) is 7.50. The lowest BCUT2D eigenvalue weighted by atomic mass is 9.61. The number of pyridine rings is 1. The minimum Gasteiger partial charge on any atom is -0.393 e. The Hall–Kier alpha value is -1.65. The van der Waals surface area contributed by atoms with Crippen molar-refractivity contribution in [3.8, 4) is 0 Å². The number of aromatic nitrogens is 1. The van der Waals surface area contributed by atoms with Gasteiger partial charge in [0.15, 0.2) is 0 Å². The van der Waals surface area contributed by atoms with E-state index in [0.29, 0.717) is 5.69 Å². The van der Waals surface area contributed by atoms with E-state index >= 15 is 0 Å². The van der Waals surface area contributed by atoms with Crippen LogP contribution in [0.5, 0.6) is 0 Å². The van der Waals surface area contributed by atoms with E-state index in [2.05, 4.69) is 32.7 Å². The van der Waals surface area contributed by atoms with Crippen LogP contribution in [-0.2, 0) is 0 Å². The summed E-state index contributed by atoms with van der Waals surface area (Å²) >= 11 is 0. The van der Waals surface area contributed by atoms with Crippen molar-refractivity contribution in [1.82, 2.24) is 4.98 Å². The average Bonchev–Trinajstić information content (AvgIpc) is 2.23. The predicted octanol–water partition coefficient (Wildman–Crippen LogP) is 3.89. The average molecular weight is 277 g/mol. The van der Waals surface area contributed by atoms with Gasteiger partial charge in [-0.2, -0.15) is 0 Å². The van der Waals surface area contributed by atoms with E-state index in [-0.39, 0.29) is 28.1 Å². The lowest BCUT2D eigenvalue weighted by Gasteiger charge is -2.44. The molecule has 1 heterocycles. The first-order valence-electron chi connectivity index (χ1n) is 7.00. The van der Waals surface area contributed by atoms with Gasteiger partial charge in [0.25, 0.3) is 0 Å². The first-order chi connectivity index (χ1) is 9.11. The van der Waals surface area contributed by atoms with Gasteiger partial charge in [0.05, 0.1) is 4.92 Å². The van der Waals surface area contributed by atoms with Gasteiger partial charge >= 0.3 is 5.69 Å². The normalized spacial score (nSPS) is 21.6. The second kappa shape index (κ2) is 4.72. The Kier molecular flexibility index (Phi) is 3.48. The molecule has 110 valence electrons. The number of hydrogen-bond donors (Lipinski definition) is 1. The Labute approximate surface area is 119 Å². The zero-order valence-electron chi connectivity index (χ0n) is 12.6. The Morgan fingerprint density at radius 2 is 1.85 bits per heavy atom. The maximum atomic E-state index is 11.3. The van der Waals surface area contributed by atoms with Gasteiger partial charge in [-0.05, 0) is 36.2 Å². The van der Waals surface area contributed by atoms with Crippen LogP contribution in [0, 0.1) is 20.9 Å². The molecule has 0 aromatic carbocycles. The van der Waals surface area contributed by atoms with E-state index in [9.17, 15) is 10.1 Å². The molecule has 0 saturated heterocycles. The van der Waals surface area contributed by atoms with Crippen molar-refractivity contribution < 1.29 is 4.92 Å². The van der Waals surface area contributed by atoms with Gasteiger partial charge in [-0.15, -0.1) is 0 Å². The maximum absolute atomic E-state index is 11.3. The minimum absolute atomic E-state index is 0.00833. The number of nitro groups is 1. The Morgan fingerprint density at radius 1 is 1.30 bits per heavy atom. The number of anilines is 1. The predicted molar refractivity (Wildman–Crippen MR) is 79.5 cm³/mol. The Bertz CT molecular complexity index is 522. The summed E-state index contributed by atoms with van der Waals surface area (Å²) in [5, 5.41) is 11.3. The molecule has 0 atom stereocenters. The molecule has 5 heteroatoms. The highest BCUT2D eigenvalue weighted by Gasteiger charge is 2.41. The summed E-state index contributed by atoms with van der Waals surface area (Å²) in [4.78, 5) is 15.2. The molecule has 1 aliphatic rings. The lowest BCUT2D eigenvalue weighted by Crippen LogP contribution is -2.33. The van der Waals surface area contributed by atoms with Crippen LogP contribution in [0.4, 0.5) is 11.4 Å². The molecule has 1 saturated carbocycles. The van der Waals surface area contributed by atoms with Crippen molar-refractivity contribution in [2.24, 2.45) is 10.8 Å². The quantitative estimate of drug-likeness (QED) is 0.656. The van der Waals surface area contributed by atoms with E-state index in [1.807, 2.05) is 0 Å². The van der Waals surface area contributed by atoms with E-state index in [4.69, 9.17) is 5.73 Å². The van der Waals surface area contributed by atoms with Crippen molar-refractivity contribution in [3.63, 3.8) is 0 Å². The van der Waals surface area contributed by atoms with E-state index in [1.165, 1.54) is 6.07 Å². The highest BCUT2D eigenvalue weighted by molar-refractivity contribution is 5.60. The fourth-order valence-corrected chi connectivity index (χ4v) is 4.02. The molecule has 0 unspecified atom stereocenters. The van der Waals surface area contributed by atoms with Crippen LogP contribution in [0.1, 0.15) is 58.6 Å². The molecule has 1 aromatic rings. The minimum atomic E-state index is -0.397. The van der Waals surface area contributed by atoms with Crippen molar-refractivity contribution in [3.05, 3.63) is 28.1 Å². The molecule has 0 radical (unpaired) electrons. The van der Waals surface area contributed by atoms with Gasteiger partial charge < -0.3 is 5.73 Å². The van der Waals surface area contributed by atoms with Gasteiger partial charge in [0.1, 0.15) is 11.4 Å². The van der Waals surface area contributed by atoms with Crippen molar-refractivity contribution >= 4 is 11.4 Å². The molecule has 20 heavy (non-hydrogen) atoms. The van der Waals surface area contributed by atoms with Crippen LogP contribution < -0.4 is 5.73 Å². The van der Waals surface area contributed by atoms with Gasteiger partial charge in [-0.25, -0.2) is 0 Å². The van der Waals surface area contributed by atoms with Crippen LogP contribution in [0.15, 0.2) is 12.3 Å². The Morgan fingerprint density at radius 3 is 2.35 bits per heavy atom. The van der Waals surface area contributed by atoms with Crippen molar-refractivity contribution in [2.75, 3.05) is 5.73 Å². The van der Waals surface area contributed by atoms with Crippen LogP contribution in [0.3, 0.4) is 0 Å². The fourth-order valence-electron chi connectivity index (χ4n) is 4.02. The molecule has 2 N–H and O–H groups in total. The summed E-state index contributed by atoms with van der Waals surface area (Å²) in [6, 6.07) is 1.50. The smallest absolute Gasteiger partial charge is 0.313 e. The molecule has 5 nitrogen and oxygen atoms in total. The summed E-state index contributed by atoms with van der Waals surface area (Å²) < 4.78 is 0. The fraction of sp³-hybridized carbons (Fsp3) is 0.667. The third-order valence-electron chi connectivity index (χ3n) is 4.11. The van der Waals surface area contributed by atoms with E-state index in [0.717, 1.165) is 19.3 Å². The zero-order valence-corrected chi connectivity index (χ0v) is 12.6. The molecule has 0 amide bonds. The zero-order chi connectivity index (χ0) is 15.1. The standard InChI is InChI=1S/C15H23N3O2/c1-14(2)7-10(8-15(3,4)9-14)12-13(18(19)20)11(16)5-6-17-12/h5-6,10H,7-9H2,1-4H3,(H2,16,17). The van der Waals surface area contributed by atoms with E-state index in [1.54, 1.807) is 6.20 Å². The van der Waals surface area contributed by atoms with Crippen LogP contribution in [-0.4, -0.2) is 9.91 Å². The largest absolute Gasteiger partial charge is 0.393 e. The summed E-state index contributed by atoms with van der Waals surface area (Å²) in [7, 11) is 0. The highest BCUT2D eigenvalue weighted by Crippen LogP contribution is 2.52. The molecule has 1 fully saturated rings. The lowest BCUT2D eigenvalue weighted by molar-refractivity contribution is -0.385. The van der Waals surface area contributed by atoms with Crippen molar-refractivity contribution in [1.29, 1.82) is 0 Å². The monoisotopic (exact) mass is 277 g/mol. The highest BCUT2D eigenvalue weighted by atomic mass is 16.6. The summed E-state index contributed by atoms with van der Waals surface area (Å²) in [5.74, 6) is 0.0950. The molecule has 1 aliphatic carbocycles. The molecule has 2 rings (SSSR count). The van der Waals surface area contributed by atoms with Gasteiger partial charge in [-0.1, -0.05) is 27.7 Å². The van der Waals surface area contributed by atoms with Gasteiger partial charge in [0, 0.05) is 12.1 Å². The number of rotatable bonds is 2. The van der Waals surface area contributed by atoms with Crippen LogP contribution >= 0.6 is 0 Å². The molecule has 0 aliphatic heterocycles. The molecule has 0 spiro atoms.